The largest absolute Gasteiger partial charge is 0.370 e. The lowest BCUT2D eigenvalue weighted by atomic mass is 10.1. The van der Waals surface area contributed by atoms with Gasteiger partial charge in [-0.05, 0) is 19.3 Å². The molecule has 0 aliphatic carbocycles. The number of nitrogens with zero attached hydrogens (tertiary/aromatic N) is 1. The molecule has 0 unspecified atom stereocenters. The molecule has 0 rings (SSSR count). The molecule has 7 N–H and O–H groups in total. The van der Waals surface area contributed by atoms with E-state index in [2.05, 4.69) is 10.3 Å². The topological polar surface area (TPSA) is 137 Å². The maximum absolute atomic E-state index is 10.9. The number of nitrogens with one attached hydrogen (secondary N) is 1. The molecule has 7 nitrogen and oxygen atoms in total. The van der Waals surface area contributed by atoms with Crippen LogP contribution >= 0.6 is 0 Å². The summed E-state index contributed by atoms with van der Waals surface area (Å²) in [5.41, 5.74) is 15.4. The summed E-state index contributed by atoms with van der Waals surface area (Å²) in [7, 11) is 0. The summed E-state index contributed by atoms with van der Waals surface area (Å²) in [5, 5.41) is 2.48. The van der Waals surface area contributed by atoms with E-state index in [1.165, 1.54) is 6.92 Å². The first-order valence-electron chi connectivity index (χ1n) is 5.05. The second-order valence-electron chi connectivity index (χ2n) is 3.46. The van der Waals surface area contributed by atoms with E-state index >= 15 is 0 Å². The van der Waals surface area contributed by atoms with Gasteiger partial charge in [0.25, 0.3) is 0 Å². The van der Waals surface area contributed by atoms with Gasteiger partial charge in [0.15, 0.2) is 5.96 Å². The number of guanidine groups is 1. The van der Waals surface area contributed by atoms with E-state index < -0.39 is 11.9 Å². The number of amides is 2. The van der Waals surface area contributed by atoms with Crippen LogP contribution in [-0.4, -0.2) is 30.4 Å². The maximum atomic E-state index is 10.9. The van der Waals surface area contributed by atoms with Crippen LogP contribution in [0, 0.1) is 0 Å². The van der Waals surface area contributed by atoms with Gasteiger partial charge in [0.2, 0.25) is 11.8 Å². The third-order valence-corrected chi connectivity index (χ3v) is 1.92. The molecule has 0 heterocycles. The molecule has 7 heteroatoms. The van der Waals surface area contributed by atoms with Crippen molar-refractivity contribution in [3.8, 4) is 0 Å². The summed E-state index contributed by atoms with van der Waals surface area (Å²) in [6.07, 6.45) is 1.95. The summed E-state index contributed by atoms with van der Waals surface area (Å²) >= 11 is 0. The Morgan fingerprint density at radius 1 is 1.25 bits per heavy atom. The average molecular weight is 229 g/mol. The molecule has 1 atom stereocenters. The Labute approximate surface area is 94.4 Å². The molecule has 0 spiro atoms. The smallest absolute Gasteiger partial charge is 0.239 e. The van der Waals surface area contributed by atoms with Crippen molar-refractivity contribution in [3.63, 3.8) is 0 Å². The minimum Gasteiger partial charge on any atom is -0.370 e. The molecule has 0 aliphatic heterocycles. The van der Waals surface area contributed by atoms with Gasteiger partial charge in [-0.3, -0.25) is 14.6 Å². The number of primary amides is 1. The fraction of sp³-hybridized carbons (Fsp3) is 0.667. The molecule has 0 bridgehead atoms. The van der Waals surface area contributed by atoms with Crippen molar-refractivity contribution in [1.82, 2.24) is 5.32 Å². The fourth-order valence-corrected chi connectivity index (χ4v) is 1.20. The van der Waals surface area contributed by atoms with E-state index in [1.54, 1.807) is 0 Å². The molecule has 0 aliphatic rings. The van der Waals surface area contributed by atoms with E-state index in [1.807, 2.05) is 0 Å². The highest BCUT2D eigenvalue weighted by Crippen LogP contribution is 2.01. The molecule has 92 valence electrons. The number of hydrogen-bond donors (Lipinski definition) is 4. The molecule has 0 aromatic rings. The van der Waals surface area contributed by atoms with Crippen LogP contribution in [-0.2, 0) is 9.59 Å². The lowest BCUT2D eigenvalue weighted by Crippen LogP contribution is -2.43. The summed E-state index contributed by atoms with van der Waals surface area (Å²) in [4.78, 5) is 25.5. The summed E-state index contributed by atoms with van der Waals surface area (Å²) < 4.78 is 0. The average Bonchev–Trinajstić information content (AvgIpc) is 2.14. The van der Waals surface area contributed by atoms with E-state index in [4.69, 9.17) is 17.2 Å². The Morgan fingerprint density at radius 2 is 1.88 bits per heavy atom. The van der Waals surface area contributed by atoms with Crippen molar-refractivity contribution < 1.29 is 9.59 Å². The first kappa shape index (κ1) is 14.2. The van der Waals surface area contributed by atoms with Crippen molar-refractivity contribution in [3.05, 3.63) is 0 Å². The number of hydrogen-bond acceptors (Lipinski definition) is 3. The van der Waals surface area contributed by atoms with Gasteiger partial charge >= 0.3 is 0 Å². The van der Waals surface area contributed by atoms with Crippen LogP contribution < -0.4 is 22.5 Å². The SMILES string of the molecule is CC(=O)N[C@@H](CCCCN=C(N)N)C(N)=O. The van der Waals surface area contributed by atoms with Crippen LogP contribution in [0.2, 0.25) is 0 Å². The predicted molar refractivity (Wildman–Crippen MR) is 61.3 cm³/mol. The van der Waals surface area contributed by atoms with Gasteiger partial charge < -0.3 is 22.5 Å². The number of carbonyl (C=O) groups excluding carboxylic acids is 2. The van der Waals surface area contributed by atoms with Gasteiger partial charge in [0, 0.05) is 13.5 Å². The van der Waals surface area contributed by atoms with Gasteiger partial charge in [0.1, 0.15) is 6.04 Å². The second-order valence-corrected chi connectivity index (χ2v) is 3.46. The number of nitrogens with two attached hydrogens (primary N) is 3. The van der Waals surface area contributed by atoms with Crippen molar-refractivity contribution >= 4 is 17.8 Å². The van der Waals surface area contributed by atoms with Crippen LogP contribution in [0.4, 0.5) is 0 Å². The van der Waals surface area contributed by atoms with Crippen LogP contribution in [0.15, 0.2) is 4.99 Å². The first-order chi connectivity index (χ1) is 7.43. The molecular weight excluding hydrogens is 210 g/mol. The Morgan fingerprint density at radius 3 is 2.31 bits per heavy atom. The number of rotatable bonds is 7. The van der Waals surface area contributed by atoms with Gasteiger partial charge in [-0.15, -0.1) is 0 Å². The van der Waals surface area contributed by atoms with Crippen LogP contribution in [0.3, 0.4) is 0 Å². The van der Waals surface area contributed by atoms with Crippen molar-refractivity contribution in [2.75, 3.05) is 6.54 Å². The number of aliphatic imine (C=N–C) groups is 1. The molecule has 16 heavy (non-hydrogen) atoms. The van der Waals surface area contributed by atoms with E-state index in [0.717, 1.165) is 6.42 Å². The molecule has 0 fully saturated rings. The number of carbonyl (C=O) groups is 2. The van der Waals surface area contributed by atoms with Gasteiger partial charge in [0.05, 0.1) is 0 Å². The van der Waals surface area contributed by atoms with Crippen molar-refractivity contribution in [2.45, 2.75) is 32.2 Å². The quantitative estimate of drug-likeness (QED) is 0.238. The van der Waals surface area contributed by atoms with Crippen LogP contribution in [0.1, 0.15) is 26.2 Å². The molecule has 0 radical (unpaired) electrons. The molecule has 0 aromatic heterocycles. The molecule has 0 aromatic carbocycles. The van der Waals surface area contributed by atoms with E-state index in [9.17, 15) is 9.59 Å². The van der Waals surface area contributed by atoms with Gasteiger partial charge in [-0.25, -0.2) is 0 Å². The summed E-state index contributed by atoms with van der Waals surface area (Å²) in [6, 6.07) is -0.614. The summed E-state index contributed by atoms with van der Waals surface area (Å²) in [6.45, 7) is 1.85. The highest BCUT2D eigenvalue weighted by atomic mass is 16.2. The highest BCUT2D eigenvalue weighted by molar-refractivity contribution is 5.85. The minimum atomic E-state index is -0.614. The monoisotopic (exact) mass is 229 g/mol. The van der Waals surface area contributed by atoms with Gasteiger partial charge in [-0.1, -0.05) is 0 Å². The normalized spacial score (nSPS) is 11.6. The van der Waals surface area contributed by atoms with Crippen molar-refractivity contribution in [1.29, 1.82) is 0 Å². The third kappa shape index (κ3) is 7.60. The Kier molecular flexibility index (Phi) is 6.66. The zero-order valence-corrected chi connectivity index (χ0v) is 9.40. The molecule has 2 amide bonds. The zero-order valence-electron chi connectivity index (χ0n) is 9.40. The maximum Gasteiger partial charge on any atom is 0.239 e. The van der Waals surface area contributed by atoms with Crippen LogP contribution in [0.5, 0.6) is 0 Å². The van der Waals surface area contributed by atoms with Crippen LogP contribution in [0.25, 0.3) is 0 Å². The lowest BCUT2D eigenvalue weighted by Gasteiger charge is -2.13. The minimum absolute atomic E-state index is 0.0494. The predicted octanol–water partition coefficient (Wildman–Crippen LogP) is -1.58. The molecular formula is C9H19N5O2. The second kappa shape index (κ2) is 7.49. The van der Waals surface area contributed by atoms with E-state index in [-0.39, 0.29) is 11.9 Å². The Balaban J connectivity index is 3.81. The highest BCUT2D eigenvalue weighted by Gasteiger charge is 2.14. The Bertz CT molecular complexity index is 273. The van der Waals surface area contributed by atoms with Gasteiger partial charge in [-0.2, -0.15) is 0 Å². The fourth-order valence-electron chi connectivity index (χ4n) is 1.20. The first-order valence-corrected chi connectivity index (χ1v) is 5.05. The van der Waals surface area contributed by atoms with Crippen molar-refractivity contribution in [2.24, 2.45) is 22.2 Å². The summed E-state index contributed by atoms with van der Waals surface area (Å²) in [5.74, 6) is -0.752. The number of unbranched alkanes of at least 4 members (excludes halogenated alkanes) is 1. The molecule has 0 saturated carbocycles. The zero-order chi connectivity index (χ0) is 12.6. The Hall–Kier alpha value is -1.79. The lowest BCUT2D eigenvalue weighted by molar-refractivity contribution is -0.126. The van der Waals surface area contributed by atoms with E-state index in [0.29, 0.717) is 19.4 Å². The molecule has 0 saturated heterocycles. The third-order valence-electron chi connectivity index (χ3n) is 1.92. The standard InChI is InChI=1S/C9H19N5O2/c1-6(15)14-7(8(10)16)4-2-3-5-13-9(11)12/h7H,2-5H2,1H3,(H2,10,16)(H,14,15)(H4,11,12,13)/t7-/m0/s1.